The van der Waals surface area contributed by atoms with E-state index in [1.807, 2.05) is 37.3 Å². The summed E-state index contributed by atoms with van der Waals surface area (Å²) in [4.78, 5) is 12.4. The summed E-state index contributed by atoms with van der Waals surface area (Å²) in [5, 5.41) is 3.00. The van der Waals surface area contributed by atoms with Crippen LogP contribution >= 0.6 is 0 Å². The predicted molar refractivity (Wildman–Crippen MR) is 93.8 cm³/mol. The van der Waals surface area contributed by atoms with Crippen molar-refractivity contribution < 1.29 is 4.79 Å². The second-order valence-corrected chi connectivity index (χ2v) is 6.03. The average Bonchev–Trinajstić information content (AvgIpc) is 2.92. The van der Waals surface area contributed by atoms with Gasteiger partial charge in [0.15, 0.2) is 0 Å². The first-order valence-electron chi connectivity index (χ1n) is 7.80. The fourth-order valence-electron chi connectivity index (χ4n) is 3.21. The highest BCUT2D eigenvalue weighted by Crippen LogP contribution is 2.37. The van der Waals surface area contributed by atoms with Crippen molar-refractivity contribution in [2.75, 3.05) is 5.32 Å². The second kappa shape index (κ2) is 5.40. The third-order valence-corrected chi connectivity index (χ3v) is 4.33. The van der Waals surface area contributed by atoms with E-state index in [2.05, 4.69) is 41.7 Å². The molecule has 1 amide bonds. The molecule has 0 unspecified atom stereocenters. The Labute approximate surface area is 135 Å². The van der Waals surface area contributed by atoms with Crippen molar-refractivity contribution in [3.05, 3.63) is 89.0 Å². The summed E-state index contributed by atoms with van der Waals surface area (Å²) in [7, 11) is 0. The van der Waals surface area contributed by atoms with Crippen LogP contribution in [0.1, 0.15) is 27.0 Å². The van der Waals surface area contributed by atoms with Crippen LogP contribution in [0.5, 0.6) is 0 Å². The smallest absolute Gasteiger partial charge is 0.255 e. The van der Waals surface area contributed by atoms with Gasteiger partial charge in [-0.15, -0.1) is 0 Å². The molecule has 23 heavy (non-hydrogen) atoms. The Bertz CT molecular complexity index is 911. The van der Waals surface area contributed by atoms with Gasteiger partial charge in [-0.3, -0.25) is 4.79 Å². The van der Waals surface area contributed by atoms with Crippen molar-refractivity contribution >= 4 is 11.6 Å². The van der Waals surface area contributed by atoms with Crippen LogP contribution in [-0.2, 0) is 6.42 Å². The number of hydrogen-bond acceptors (Lipinski definition) is 1. The maximum atomic E-state index is 12.4. The van der Waals surface area contributed by atoms with Crippen molar-refractivity contribution in [1.29, 1.82) is 0 Å². The fourth-order valence-corrected chi connectivity index (χ4v) is 3.21. The van der Waals surface area contributed by atoms with Gasteiger partial charge in [0.1, 0.15) is 0 Å². The molecule has 0 saturated heterocycles. The van der Waals surface area contributed by atoms with Crippen LogP contribution < -0.4 is 5.32 Å². The monoisotopic (exact) mass is 299 g/mol. The molecule has 4 rings (SSSR count). The topological polar surface area (TPSA) is 29.1 Å². The highest BCUT2D eigenvalue weighted by molar-refractivity contribution is 6.04. The molecule has 0 aliphatic heterocycles. The largest absolute Gasteiger partial charge is 0.322 e. The van der Waals surface area contributed by atoms with Gasteiger partial charge >= 0.3 is 0 Å². The van der Waals surface area contributed by atoms with Gasteiger partial charge in [-0.05, 0) is 59.9 Å². The van der Waals surface area contributed by atoms with E-state index in [1.54, 1.807) is 0 Å². The van der Waals surface area contributed by atoms with Crippen molar-refractivity contribution in [3.8, 4) is 11.1 Å². The fraction of sp³-hybridized carbons (Fsp3) is 0.0952. The first kappa shape index (κ1) is 13.8. The molecule has 0 fully saturated rings. The van der Waals surface area contributed by atoms with Crippen LogP contribution in [0.15, 0.2) is 66.7 Å². The lowest BCUT2D eigenvalue weighted by Gasteiger charge is -2.08. The number of amides is 1. The van der Waals surface area contributed by atoms with Crippen molar-refractivity contribution in [2.24, 2.45) is 0 Å². The predicted octanol–water partition coefficient (Wildman–Crippen LogP) is 4.82. The summed E-state index contributed by atoms with van der Waals surface area (Å²) in [5.41, 5.74) is 7.82. The summed E-state index contributed by atoms with van der Waals surface area (Å²) in [6, 6.07) is 22.3. The minimum Gasteiger partial charge on any atom is -0.322 e. The second-order valence-electron chi connectivity index (χ2n) is 6.03. The zero-order chi connectivity index (χ0) is 15.8. The first-order chi connectivity index (χ1) is 11.2. The minimum atomic E-state index is -0.0656. The highest BCUT2D eigenvalue weighted by Gasteiger charge is 2.18. The van der Waals surface area contributed by atoms with E-state index in [4.69, 9.17) is 0 Å². The van der Waals surface area contributed by atoms with E-state index in [0.717, 1.165) is 17.7 Å². The number of anilines is 1. The third kappa shape index (κ3) is 2.53. The Morgan fingerprint density at radius 2 is 1.70 bits per heavy atom. The molecule has 0 bridgehead atoms. The van der Waals surface area contributed by atoms with Gasteiger partial charge in [0.2, 0.25) is 0 Å². The molecule has 2 heteroatoms. The molecule has 2 nitrogen and oxygen atoms in total. The summed E-state index contributed by atoms with van der Waals surface area (Å²) in [6.07, 6.45) is 0.930. The molecule has 3 aromatic rings. The molecule has 0 heterocycles. The third-order valence-electron chi connectivity index (χ3n) is 4.33. The maximum Gasteiger partial charge on any atom is 0.255 e. The van der Waals surface area contributed by atoms with Gasteiger partial charge < -0.3 is 5.32 Å². The number of aryl methyl sites for hydroxylation is 1. The molecule has 0 atom stereocenters. The lowest BCUT2D eigenvalue weighted by molar-refractivity contribution is 0.102. The summed E-state index contributed by atoms with van der Waals surface area (Å²) in [6.45, 7) is 1.99. The van der Waals surface area contributed by atoms with Crippen molar-refractivity contribution in [3.63, 3.8) is 0 Å². The molecular weight excluding hydrogens is 282 g/mol. The van der Waals surface area contributed by atoms with Crippen LogP contribution in [0, 0.1) is 6.92 Å². The Balaban J connectivity index is 1.60. The summed E-state index contributed by atoms with van der Waals surface area (Å²) < 4.78 is 0. The van der Waals surface area contributed by atoms with E-state index < -0.39 is 0 Å². The van der Waals surface area contributed by atoms with Crippen LogP contribution in [0.3, 0.4) is 0 Å². The Hall–Kier alpha value is -2.87. The molecule has 0 saturated carbocycles. The number of carbonyl (C=O) groups is 1. The molecule has 112 valence electrons. The maximum absolute atomic E-state index is 12.4. The number of carbonyl (C=O) groups excluding carboxylic acids is 1. The standard InChI is InChI=1S/C21H17NO/c1-14-5-4-7-16(11-14)21(23)22-18-9-10-20-17(13-18)12-15-6-2-3-8-19(15)20/h2-11,13H,12H2,1H3,(H,22,23). The molecule has 0 radical (unpaired) electrons. The lowest BCUT2D eigenvalue weighted by Crippen LogP contribution is -2.12. The molecule has 1 aliphatic carbocycles. The summed E-state index contributed by atoms with van der Waals surface area (Å²) >= 11 is 0. The van der Waals surface area contributed by atoms with Gasteiger partial charge in [0.05, 0.1) is 0 Å². The summed E-state index contributed by atoms with van der Waals surface area (Å²) in [5.74, 6) is -0.0656. The van der Waals surface area contributed by atoms with Crippen LogP contribution in [0.25, 0.3) is 11.1 Å². The van der Waals surface area contributed by atoms with E-state index >= 15 is 0 Å². The average molecular weight is 299 g/mol. The van der Waals surface area contributed by atoms with E-state index in [1.165, 1.54) is 22.3 Å². The zero-order valence-electron chi connectivity index (χ0n) is 13.0. The van der Waals surface area contributed by atoms with Gasteiger partial charge in [-0.2, -0.15) is 0 Å². The van der Waals surface area contributed by atoms with Gasteiger partial charge in [0.25, 0.3) is 5.91 Å². The van der Waals surface area contributed by atoms with Crippen LogP contribution in [-0.4, -0.2) is 5.91 Å². The Morgan fingerprint density at radius 1 is 0.870 bits per heavy atom. The van der Waals surface area contributed by atoms with E-state index in [0.29, 0.717) is 5.56 Å². The first-order valence-corrected chi connectivity index (χ1v) is 7.80. The molecule has 0 aromatic heterocycles. The van der Waals surface area contributed by atoms with E-state index in [9.17, 15) is 4.79 Å². The van der Waals surface area contributed by atoms with Gasteiger partial charge in [0, 0.05) is 11.3 Å². The van der Waals surface area contributed by atoms with E-state index in [-0.39, 0.29) is 5.91 Å². The molecule has 3 aromatic carbocycles. The van der Waals surface area contributed by atoms with Crippen LogP contribution in [0.2, 0.25) is 0 Å². The highest BCUT2D eigenvalue weighted by atomic mass is 16.1. The van der Waals surface area contributed by atoms with Gasteiger partial charge in [-0.1, -0.05) is 48.0 Å². The minimum absolute atomic E-state index is 0.0656. The lowest BCUT2D eigenvalue weighted by atomic mass is 10.1. The molecular formula is C21H17NO. The molecule has 0 spiro atoms. The number of rotatable bonds is 2. The van der Waals surface area contributed by atoms with Gasteiger partial charge in [-0.25, -0.2) is 0 Å². The Morgan fingerprint density at radius 3 is 2.57 bits per heavy atom. The van der Waals surface area contributed by atoms with Crippen LogP contribution in [0.4, 0.5) is 5.69 Å². The molecule has 1 N–H and O–H groups in total. The Kier molecular flexibility index (Phi) is 3.23. The van der Waals surface area contributed by atoms with Crippen molar-refractivity contribution in [1.82, 2.24) is 0 Å². The quantitative estimate of drug-likeness (QED) is 0.565. The number of hydrogen-bond donors (Lipinski definition) is 1. The zero-order valence-corrected chi connectivity index (χ0v) is 13.0. The molecule has 1 aliphatic rings. The number of fused-ring (bicyclic) bond motifs is 3. The number of benzene rings is 3. The van der Waals surface area contributed by atoms with Crippen molar-refractivity contribution in [2.45, 2.75) is 13.3 Å². The SMILES string of the molecule is Cc1cccc(C(=O)Nc2ccc3c(c2)Cc2ccccc2-3)c1. The number of nitrogens with one attached hydrogen (secondary N) is 1. The normalized spacial score (nSPS) is 11.7.